The molecular weight excluding hydrogens is 180 g/mol. The highest BCUT2D eigenvalue weighted by atomic mass is 19.3. The average molecular weight is 195 g/mol. The van der Waals surface area contributed by atoms with Crippen LogP contribution in [0.25, 0.3) is 0 Å². The van der Waals surface area contributed by atoms with E-state index in [4.69, 9.17) is 5.73 Å². The predicted molar refractivity (Wildman–Crippen MR) is 44.5 cm³/mol. The van der Waals surface area contributed by atoms with Crippen molar-refractivity contribution >= 4 is 5.97 Å². The van der Waals surface area contributed by atoms with Crippen molar-refractivity contribution in [2.45, 2.75) is 38.2 Å². The molecule has 0 aliphatic heterocycles. The third-order valence-electron chi connectivity index (χ3n) is 1.98. The van der Waals surface area contributed by atoms with Gasteiger partial charge in [0.2, 0.25) is 0 Å². The van der Waals surface area contributed by atoms with Crippen molar-refractivity contribution in [3.05, 3.63) is 0 Å². The lowest BCUT2D eigenvalue weighted by atomic mass is 9.88. The van der Waals surface area contributed by atoms with Crippen molar-refractivity contribution in [1.29, 1.82) is 0 Å². The van der Waals surface area contributed by atoms with Gasteiger partial charge in [-0.15, -0.1) is 0 Å². The van der Waals surface area contributed by atoms with Crippen LogP contribution in [-0.4, -0.2) is 24.5 Å². The molecule has 0 aromatic heterocycles. The third kappa shape index (κ3) is 2.37. The molecule has 0 bridgehead atoms. The Balaban J connectivity index is 4.83. The number of hydrogen-bond acceptors (Lipinski definition) is 3. The first-order valence-electron chi connectivity index (χ1n) is 4.04. The topological polar surface area (TPSA) is 52.3 Å². The smallest absolute Gasteiger partial charge is 0.332 e. The third-order valence-corrected chi connectivity index (χ3v) is 1.98. The molecule has 0 saturated heterocycles. The fraction of sp³-hybridized carbons (Fsp3) is 0.875. The molecule has 0 radical (unpaired) electrons. The summed E-state index contributed by atoms with van der Waals surface area (Å²) in [4.78, 5) is 11.0. The van der Waals surface area contributed by atoms with Gasteiger partial charge in [-0.3, -0.25) is 0 Å². The Kier molecular flexibility index (Phi) is 3.78. The molecule has 0 heterocycles. The molecule has 0 rings (SSSR count). The Labute approximate surface area is 76.2 Å². The number of halogens is 2. The summed E-state index contributed by atoms with van der Waals surface area (Å²) in [6.07, 6.45) is 0.304. The maximum Gasteiger partial charge on any atom is 0.332 e. The van der Waals surface area contributed by atoms with E-state index < -0.39 is 17.4 Å². The minimum absolute atomic E-state index is 0.0941. The minimum Gasteiger partial charge on any atom is -0.467 e. The largest absolute Gasteiger partial charge is 0.467 e. The summed E-state index contributed by atoms with van der Waals surface area (Å²) < 4.78 is 30.2. The zero-order valence-electron chi connectivity index (χ0n) is 8.06. The van der Waals surface area contributed by atoms with Gasteiger partial charge >= 0.3 is 5.97 Å². The van der Waals surface area contributed by atoms with Crippen LogP contribution in [0.3, 0.4) is 0 Å². The second kappa shape index (κ2) is 4.00. The van der Waals surface area contributed by atoms with E-state index in [1.54, 1.807) is 6.92 Å². The van der Waals surface area contributed by atoms with Crippen LogP contribution in [0.4, 0.5) is 8.78 Å². The molecule has 0 amide bonds. The van der Waals surface area contributed by atoms with Crippen LogP contribution in [0.5, 0.6) is 0 Å². The number of rotatable bonds is 4. The summed E-state index contributed by atoms with van der Waals surface area (Å²) in [6, 6.07) is 0. The molecule has 0 aliphatic carbocycles. The van der Waals surface area contributed by atoms with Crippen LogP contribution in [-0.2, 0) is 9.53 Å². The predicted octanol–water partition coefficient (Wildman–Crippen LogP) is 1.31. The molecule has 78 valence electrons. The number of hydrogen-bond donors (Lipinski definition) is 1. The second-order valence-corrected chi connectivity index (χ2v) is 3.10. The van der Waals surface area contributed by atoms with Crippen molar-refractivity contribution in [3.8, 4) is 0 Å². The van der Waals surface area contributed by atoms with Gasteiger partial charge in [0.15, 0.2) is 5.54 Å². The van der Waals surface area contributed by atoms with E-state index >= 15 is 0 Å². The molecule has 0 aromatic carbocycles. The van der Waals surface area contributed by atoms with Crippen LogP contribution in [0.15, 0.2) is 0 Å². The van der Waals surface area contributed by atoms with E-state index in [1.807, 2.05) is 0 Å². The Morgan fingerprint density at radius 3 is 2.23 bits per heavy atom. The SMILES string of the molecule is CCCC(N)(C(=O)OC)C(C)(F)F. The lowest BCUT2D eigenvalue weighted by molar-refractivity contribution is -0.163. The Morgan fingerprint density at radius 2 is 2.00 bits per heavy atom. The van der Waals surface area contributed by atoms with Crippen LogP contribution >= 0.6 is 0 Å². The van der Waals surface area contributed by atoms with Crippen LogP contribution in [0, 0.1) is 0 Å². The van der Waals surface area contributed by atoms with Gasteiger partial charge < -0.3 is 10.5 Å². The van der Waals surface area contributed by atoms with Gasteiger partial charge in [0, 0.05) is 6.92 Å². The number of ether oxygens (including phenoxy) is 1. The number of alkyl halides is 2. The summed E-state index contributed by atoms with van der Waals surface area (Å²) in [7, 11) is 1.05. The van der Waals surface area contributed by atoms with Gasteiger partial charge in [0.25, 0.3) is 5.92 Å². The Morgan fingerprint density at radius 1 is 1.54 bits per heavy atom. The molecule has 0 aromatic rings. The van der Waals surface area contributed by atoms with Gasteiger partial charge in [0.05, 0.1) is 7.11 Å². The van der Waals surface area contributed by atoms with E-state index in [9.17, 15) is 13.6 Å². The lowest BCUT2D eigenvalue weighted by Crippen LogP contribution is -2.60. The van der Waals surface area contributed by atoms with E-state index in [0.29, 0.717) is 13.3 Å². The standard InChI is InChI=1S/C8H15F2NO2/c1-4-5-8(11,6(12)13-3)7(2,9)10/h4-5,11H2,1-3H3. The zero-order valence-corrected chi connectivity index (χ0v) is 8.06. The monoisotopic (exact) mass is 195 g/mol. The summed E-state index contributed by atoms with van der Waals surface area (Å²) in [6.45, 7) is 2.30. The molecule has 1 unspecified atom stereocenters. The number of esters is 1. The maximum absolute atomic E-state index is 13.0. The Bertz CT molecular complexity index is 191. The van der Waals surface area contributed by atoms with Gasteiger partial charge in [0.1, 0.15) is 0 Å². The maximum atomic E-state index is 13.0. The highest BCUT2D eigenvalue weighted by Gasteiger charge is 2.53. The molecule has 5 heteroatoms. The lowest BCUT2D eigenvalue weighted by Gasteiger charge is -2.31. The summed E-state index contributed by atoms with van der Waals surface area (Å²) in [5, 5.41) is 0. The normalized spacial score (nSPS) is 16.5. The Hall–Kier alpha value is -0.710. The van der Waals surface area contributed by atoms with Gasteiger partial charge in [-0.1, -0.05) is 13.3 Å². The number of carbonyl (C=O) groups is 1. The molecule has 0 aliphatic rings. The first kappa shape index (κ1) is 12.3. The van der Waals surface area contributed by atoms with Crippen molar-refractivity contribution in [2.24, 2.45) is 5.73 Å². The summed E-state index contributed by atoms with van der Waals surface area (Å²) in [5.74, 6) is -4.34. The van der Waals surface area contributed by atoms with Crippen molar-refractivity contribution in [1.82, 2.24) is 0 Å². The quantitative estimate of drug-likeness (QED) is 0.688. The van der Waals surface area contributed by atoms with E-state index in [0.717, 1.165) is 7.11 Å². The highest BCUT2D eigenvalue weighted by Crippen LogP contribution is 2.30. The molecule has 0 saturated carbocycles. The van der Waals surface area contributed by atoms with Gasteiger partial charge in [-0.05, 0) is 6.42 Å². The van der Waals surface area contributed by atoms with Crippen LogP contribution in [0.1, 0.15) is 26.7 Å². The second-order valence-electron chi connectivity index (χ2n) is 3.10. The van der Waals surface area contributed by atoms with Crippen LogP contribution in [0.2, 0.25) is 0 Å². The molecule has 3 nitrogen and oxygen atoms in total. The number of methoxy groups -OCH3 is 1. The van der Waals surface area contributed by atoms with Crippen molar-refractivity contribution in [2.75, 3.05) is 7.11 Å². The molecule has 0 spiro atoms. The summed E-state index contributed by atoms with van der Waals surface area (Å²) in [5.41, 5.74) is 3.12. The molecular formula is C8H15F2NO2. The molecule has 13 heavy (non-hydrogen) atoms. The first-order chi connectivity index (χ1) is 5.79. The number of carbonyl (C=O) groups excluding carboxylic acids is 1. The number of nitrogens with two attached hydrogens (primary N) is 1. The van der Waals surface area contributed by atoms with Crippen molar-refractivity contribution < 1.29 is 18.3 Å². The van der Waals surface area contributed by atoms with Gasteiger partial charge in [-0.2, -0.15) is 0 Å². The zero-order chi connectivity index (χ0) is 10.7. The minimum atomic E-state index is -3.27. The molecule has 0 fully saturated rings. The van der Waals surface area contributed by atoms with E-state index in [2.05, 4.69) is 4.74 Å². The van der Waals surface area contributed by atoms with E-state index in [-0.39, 0.29) is 6.42 Å². The average Bonchev–Trinajstić information content (AvgIpc) is 2.01. The van der Waals surface area contributed by atoms with Gasteiger partial charge in [-0.25, -0.2) is 13.6 Å². The fourth-order valence-corrected chi connectivity index (χ4v) is 1.08. The first-order valence-corrected chi connectivity index (χ1v) is 4.04. The van der Waals surface area contributed by atoms with Crippen LogP contribution < -0.4 is 5.73 Å². The van der Waals surface area contributed by atoms with Crippen molar-refractivity contribution in [3.63, 3.8) is 0 Å². The fourth-order valence-electron chi connectivity index (χ4n) is 1.08. The summed E-state index contributed by atoms with van der Waals surface area (Å²) >= 11 is 0. The van der Waals surface area contributed by atoms with E-state index in [1.165, 1.54) is 0 Å². The molecule has 1 atom stereocenters. The molecule has 2 N–H and O–H groups in total. The highest BCUT2D eigenvalue weighted by molar-refractivity contribution is 5.81.